The van der Waals surface area contributed by atoms with Crippen molar-refractivity contribution < 1.29 is 9.90 Å². The summed E-state index contributed by atoms with van der Waals surface area (Å²) >= 11 is 1.44. The topological polar surface area (TPSA) is 62.2 Å². The van der Waals surface area contributed by atoms with Crippen molar-refractivity contribution in [3.63, 3.8) is 0 Å². The third-order valence-electron chi connectivity index (χ3n) is 3.21. The summed E-state index contributed by atoms with van der Waals surface area (Å²) < 4.78 is 0. The molecule has 0 aliphatic rings. The van der Waals surface area contributed by atoms with E-state index >= 15 is 0 Å². The van der Waals surface area contributed by atoms with Gasteiger partial charge in [0.05, 0.1) is 5.69 Å². The molecule has 1 aromatic carbocycles. The fourth-order valence-corrected chi connectivity index (χ4v) is 2.62. The van der Waals surface area contributed by atoms with Crippen LogP contribution in [-0.2, 0) is 16.6 Å². The Bertz CT molecular complexity index is 579. The number of nitrogens with zero attached hydrogens (tertiary/aromatic N) is 1. The number of aromatic nitrogens is 1. The number of thiazole rings is 1. The van der Waals surface area contributed by atoms with Crippen molar-refractivity contribution in [1.82, 2.24) is 4.98 Å². The third-order valence-corrected chi connectivity index (χ3v) is 4.01. The summed E-state index contributed by atoms with van der Waals surface area (Å²) in [5.41, 5.74) is 0.912. The Morgan fingerprint density at radius 2 is 2.05 bits per heavy atom. The molecule has 0 aliphatic carbocycles. The lowest BCUT2D eigenvalue weighted by Crippen LogP contribution is -2.28. The number of carboxylic acid groups (broad SMARTS) is 1. The summed E-state index contributed by atoms with van der Waals surface area (Å²) in [6.07, 6.45) is 0.915. The van der Waals surface area contributed by atoms with Gasteiger partial charge in [-0.2, -0.15) is 0 Å². The fraction of sp³-hybridized carbons (Fsp3) is 0.333. The normalized spacial score (nSPS) is 11.3. The maximum atomic E-state index is 11.2. The first-order chi connectivity index (χ1) is 9.50. The van der Waals surface area contributed by atoms with Crippen LogP contribution in [0.3, 0.4) is 0 Å². The highest BCUT2D eigenvalue weighted by Gasteiger charge is 2.32. The summed E-state index contributed by atoms with van der Waals surface area (Å²) in [5, 5.41) is 15.0. The van der Waals surface area contributed by atoms with Gasteiger partial charge in [0.1, 0.15) is 5.41 Å². The Morgan fingerprint density at radius 3 is 2.70 bits per heavy atom. The van der Waals surface area contributed by atoms with E-state index in [0.717, 1.165) is 18.1 Å². The van der Waals surface area contributed by atoms with Gasteiger partial charge in [0, 0.05) is 11.9 Å². The van der Waals surface area contributed by atoms with Gasteiger partial charge in [0.15, 0.2) is 5.13 Å². The Hall–Kier alpha value is -1.88. The molecule has 0 saturated carbocycles. The van der Waals surface area contributed by atoms with Crippen LogP contribution in [0, 0.1) is 0 Å². The summed E-state index contributed by atoms with van der Waals surface area (Å²) in [7, 11) is 0. The standard InChI is InChI=1S/C15H18N2O2S/c1-15(2,13(18)19)12-10-20-14(17-12)16-9-8-11-6-4-3-5-7-11/h3-7,10H,8-9H2,1-2H3,(H,16,17)(H,18,19). The zero-order chi connectivity index (χ0) is 14.6. The zero-order valence-electron chi connectivity index (χ0n) is 11.6. The molecule has 0 unspecified atom stereocenters. The number of anilines is 1. The highest BCUT2D eigenvalue weighted by Crippen LogP contribution is 2.27. The van der Waals surface area contributed by atoms with E-state index in [1.165, 1.54) is 16.9 Å². The van der Waals surface area contributed by atoms with E-state index < -0.39 is 11.4 Å². The first-order valence-electron chi connectivity index (χ1n) is 6.47. The molecule has 0 atom stereocenters. The number of carboxylic acids is 1. The van der Waals surface area contributed by atoms with Gasteiger partial charge in [-0.05, 0) is 25.8 Å². The molecule has 0 fully saturated rings. The van der Waals surface area contributed by atoms with Gasteiger partial charge in [0.25, 0.3) is 0 Å². The average molecular weight is 290 g/mol. The molecule has 20 heavy (non-hydrogen) atoms. The molecule has 2 aromatic rings. The van der Waals surface area contributed by atoms with E-state index in [-0.39, 0.29) is 0 Å². The van der Waals surface area contributed by atoms with Crippen molar-refractivity contribution in [2.24, 2.45) is 0 Å². The Kier molecular flexibility index (Phi) is 4.39. The van der Waals surface area contributed by atoms with Crippen LogP contribution in [-0.4, -0.2) is 22.6 Å². The molecule has 1 aromatic heterocycles. The number of benzene rings is 1. The van der Waals surface area contributed by atoms with Crippen molar-refractivity contribution in [2.75, 3.05) is 11.9 Å². The highest BCUT2D eigenvalue weighted by atomic mass is 32.1. The first kappa shape index (κ1) is 14.5. The van der Waals surface area contributed by atoms with Crippen molar-refractivity contribution in [3.05, 3.63) is 47.0 Å². The van der Waals surface area contributed by atoms with Gasteiger partial charge in [0.2, 0.25) is 0 Å². The minimum atomic E-state index is -0.949. The largest absolute Gasteiger partial charge is 0.481 e. The van der Waals surface area contributed by atoms with Crippen LogP contribution in [0.2, 0.25) is 0 Å². The van der Waals surface area contributed by atoms with E-state index in [1.54, 1.807) is 19.2 Å². The second-order valence-corrected chi connectivity index (χ2v) is 5.99. The number of hydrogen-bond acceptors (Lipinski definition) is 4. The lowest BCUT2D eigenvalue weighted by atomic mass is 9.90. The van der Waals surface area contributed by atoms with E-state index in [9.17, 15) is 9.90 Å². The second-order valence-electron chi connectivity index (χ2n) is 5.13. The summed E-state index contributed by atoms with van der Waals surface area (Å²) in [6.45, 7) is 4.11. The molecule has 5 heteroatoms. The number of aliphatic carboxylic acids is 1. The Morgan fingerprint density at radius 1 is 1.35 bits per heavy atom. The van der Waals surface area contributed by atoms with Gasteiger partial charge in [-0.15, -0.1) is 11.3 Å². The molecule has 2 N–H and O–H groups in total. The maximum Gasteiger partial charge on any atom is 0.315 e. The minimum absolute atomic E-state index is 0.595. The molecule has 0 radical (unpaired) electrons. The monoisotopic (exact) mass is 290 g/mol. The number of nitrogens with one attached hydrogen (secondary N) is 1. The molecule has 0 bridgehead atoms. The quantitative estimate of drug-likeness (QED) is 0.858. The van der Waals surface area contributed by atoms with Crippen LogP contribution in [0.15, 0.2) is 35.7 Å². The first-order valence-corrected chi connectivity index (χ1v) is 7.35. The minimum Gasteiger partial charge on any atom is -0.481 e. The molecular weight excluding hydrogens is 272 g/mol. The fourth-order valence-electron chi connectivity index (χ4n) is 1.71. The van der Waals surface area contributed by atoms with Crippen LogP contribution >= 0.6 is 11.3 Å². The van der Waals surface area contributed by atoms with Gasteiger partial charge in [-0.1, -0.05) is 30.3 Å². The van der Waals surface area contributed by atoms with Crippen LogP contribution in [0.25, 0.3) is 0 Å². The van der Waals surface area contributed by atoms with Crippen molar-refractivity contribution in [3.8, 4) is 0 Å². The predicted octanol–water partition coefficient (Wildman–Crippen LogP) is 3.16. The van der Waals surface area contributed by atoms with Crippen molar-refractivity contribution in [1.29, 1.82) is 0 Å². The van der Waals surface area contributed by atoms with Crippen LogP contribution < -0.4 is 5.32 Å². The van der Waals surface area contributed by atoms with Gasteiger partial charge in [-0.3, -0.25) is 4.79 Å². The van der Waals surface area contributed by atoms with Gasteiger partial charge in [-0.25, -0.2) is 4.98 Å². The van der Waals surface area contributed by atoms with Crippen LogP contribution in [0.5, 0.6) is 0 Å². The van der Waals surface area contributed by atoms with Crippen LogP contribution in [0.4, 0.5) is 5.13 Å². The summed E-state index contributed by atoms with van der Waals surface area (Å²) in [5.74, 6) is -0.862. The maximum absolute atomic E-state index is 11.2. The summed E-state index contributed by atoms with van der Waals surface area (Å²) in [4.78, 5) is 15.5. The molecule has 106 valence electrons. The SMILES string of the molecule is CC(C)(C(=O)O)c1csc(NCCc2ccccc2)n1. The molecule has 2 rings (SSSR count). The van der Waals surface area contributed by atoms with Crippen LogP contribution in [0.1, 0.15) is 25.1 Å². The third kappa shape index (κ3) is 3.36. The smallest absolute Gasteiger partial charge is 0.315 e. The van der Waals surface area contributed by atoms with E-state index in [4.69, 9.17) is 0 Å². The van der Waals surface area contributed by atoms with Gasteiger partial charge < -0.3 is 10.4 Å². The molecule has 1 heterocycles. The Labute approximate surface area is 122 Å². The average Bonchev–Trinajstić information content (AvgIpc) is 2.89. The van der Waals surface area contributed by atoms with Gasteiger partial charge >= 0.3 is 5.97 Å². The van der Waals surface area contributed by atoms with E-state index in [2.05, 4.69) is 22.4 Å². The summed E-state index contributed by atoms with van der Waals surface area (Å²) in [6, 6.07) is 10.2. The van der Waals surface area contributed by atoms with Crippen molar-refractivity contribution >= 4 is 22.4 Å². The lowest BCUT2D eigenvalue weighted by molar-refractivity contribution is -0.142. The number of carbonyl (C=O) groups is 1. The molecule has 0 spiro atoms. The van der Waals surface area contributed by atoms with E-state index in [0.29, 0.717) is 5.69 Å². The molecule has 0 saturated heterocycles. The second kappa shape index (κ2) is 6.05. The van der Waals surface area contributed by atoms with Crippen molar-refractivity contribution in [2.45, 2.75) is 25.7 Å². The lowest BCUT2D eigenvalue weighted by Gasteiger charge is -2.15. The molecule has 4 nitrogen and oxygen atoms in total. The highest BCUT2D eigenvalue weighted by molar-refractivity contribution is 7.13. The number of rotatable bonds is 6. The van der Waals surface area contributed by atoms with E-state index in [1.807, 2.05) is 18.2 Å². The molecular formula is C15H18N2O2S. The zero-order valence-corrected chi connectivity index (χ0v) is 12.4. The molecule has 0 amide bonds. The predicted molar refractivity (Wildman–Crippen MR) is 81.4 cm³/mol. The Balaban J connectivity index is 1.92. The number of hydrogen-bond donors (Lipinski definition) is 2. The molecule has 0 aliphatic heterocycles.